The summed E-state index contributed by atoms with van der Waals surface area (Å²) in [6, 6.07) is 0.136. The lowest BCUT2D eigenvalue weighted by Crippen LogP contribution is -2.46. The molecule has 1 N–H and O–H groups in total. The fourth-order valence-corrected chi connectivity index (χ4v) is 3.28. The molecule has 1 aliphatic heterocycles. The molecule has 1 rings (SSSR count). The van der Waals surface area contributed by atoms with Crippen molar-refractivity contribution in [2.24, 2.45) is 0 Å². The molecule has 0 bridgehead atoms. The number of likely N-dealkylation sites (tertiary alicyclic amines) is 1. The van der Waals surface area contributed by atoms with Crippen LogP contribution in [0.25, 0.3) is 0 Å². The van der Waals surface area contributed by atoms with Crippen molar-refractivity contribution >= 4 is 17.8 Å². The molecule has 1 aliphatic rings. The summed E-state index contributed by atoms with van der Waals surface area (Å²) in [6.07, 6.45) is 9.19. The third-order valence-corrected chi connectivity index (χ3v) is 5.76. The number of rotatable bonds is 5. The Bertz CT molecular complexity index is 238. The van der Waals surface area contributed by atoms with Crippen molar-refractivity contribution in [2.75, 3.05) is 25.9 Å². The number of carbonyl (C=O) groups excluding carboxylic acids is 1. The summed E-state index contributed by atoms with van der Waals surface area (Å²) in [6.45, 7) is 7.05. The van der Waals surface area contributed by atoms with Gasteiger partial charge in [0.2, 0.25) is 0 Å². The molecule has 0 aromatic rings. The van der Waals surface area contributed by atoms with Gasteiger partial charge in [-0.05, 0) is 31.9 Å². The Kier molecular flexibility index (Phi) is 6.90. The van der Waals surface area contributed by atoms with E-state index in [1.807, 2.05) is 16.7 Å². The van der Waals surface area contributed by atoms with E-state index in [0.29, 0.717) is 0 Å². The van der Waals surface area contributed by atoms with Gasteiger partial charge in [0.25, 0.3) is 0 Å². The van der Waals surface area contributed by atoms with E-state index in [4.69, 9.17) is 0 Å². The number of urea groups is 1. The Balaban J connectivity index is 2.43. The molecule has 106 valence electrons. The molecule has 0 atom stereocenters. The molecule has 2 amide bonds. The fourth-order valence-electron chi connectivity index (χ4n) is 2.48. The number of hydrogen-bond donors (Lipinski definition) is 1. The minimum Gasteiger partial charge on any atom is -0.337 e. The van der Waals surface area contributed by atoms with E-state index in [1.54, 1.807) is 0 Å². The number of hydrogen-bond acceptors (Lipinski definition) is 2. The number of carbonyl (C=O) groups is 1. The second-order valence-electron chi connectivity index (χ2n) is 5.15. The van der Waals surface area contributed by atoms with Crippen molar-refractivity contribution in [3.63, 3.8) is 0 Å². The highest BCUT2D eigenvalue weighted by atomic mass is 32.2. The quantitative estimate of drug-likeness (QED) is 0.831. The highest BCUT2D eigenvalue weighted by Gasteiger charge is 2.26. The zero-order valence-corrected chi connectivity index (χ0v) is 12.9. The molecule has 0 saturated carbocycles. The number of thioether (sulfide) groups is 1. The van der Waals surface area contributed by atoms with E-state index in [0.717, 1.165) is 45.3 Å². The van der Waals surface area contributed by atoms with Crippen LogP contribution in [0.1, 0.15) is 52.4 Å². The highest BCUT2D eigenvalue weighted by molar-refractivity contribution is 8.00. The Morgan fingerprint density at radius 2 is 1.72 bits per heavy atom. The molecular formula is C14H28N2OS. The smallest absolute Gasteiger partial charge is 0.317 e. The zero-order chi connectivity index (χ0) is 13.4. The van der Waals surface area contributed by atoms with Gasteiger partial charge in [0.15, 0.2) is 0 Å². The highest BCUT2D eigenvalue weighted by Crippen LogP contribution is 2.29. The molecular weight excluding hydrogens is 244 g/mol. The van der Waals surface area contributed by atoms with Crippen LogP contribution in [0.15, 0.2) is 0 Å². The van der Waals surface area contributed by atoms with E-state index >= 15 is 0 Å². The first-order valence-corrected chi connectivity index (χ1v) is 8.48. The van der Waals surface area contributed by atoms with Gasteiger partial charge in [0.1, 0.15) is 0 Å². The maximum absolute atomic E-state index is 12.2. The molecule has 0 spiro atoms. The van der Waals surface area contributed by atoms with Gasteiger partial charge in [-0.25, -0.2) is 4.79 Å². The summed E-state index contributed by atoms with van der Waals surface area (Å²) in [7, 11) is 0. The SMILES string of the molecule is CCC(CC)(CNC(=O)N1CCCCCC1)SC. The van der Waals surface area contributed by atoms with E-state index < -0.39 is 0 Å². The largest absolute Gasteiger partial charge is 0.337 e. The van der Waals surface area contributed by atoms with Gasteiger partial charge < -0.3 is 10.2 Å². The Morgan fingerprint density at radius 3 is 2.17 bits per heavy atom. The molecule has 0 radical (unpaired) electrons. The third-order valence-electron chi connectivity index (χ3n) is 4.18. The summed E-state index contributed by atoms with van der Waals surface area (Å²) < 4.78 is 0.210. The first-order valence-electron chi connectivity index (χ1n) is 7.25. The lowest BCUT2D eigenvalue weighted by Gasteiger charge is -2.31. The Morgan fingerprint density at radius 1 is 1.17 bits per heavy atom. The minimum absolute atomic E-state index is 0.136. The second-order valence-corrected chi connectivity index (χ2v) is 6.43. The van der Waals surface area contributed by atoms with Crippen LogP contribution >= 0.6 is 11.8 Å². The van der Waals surface area contributed by atoms with Crippen molar-refractivity contribution in [3.8, 4) is 0 Å². The number of nitrogens with zero attached hydrogens (tertiary/aromatic N) is 1. The van der Waals surface area contributed by atoms with Gasteiger partial charge in [0.05, 0.1) is 0 Å². The van der Waals surface area contributed by atoms with Crippen molar-refractivity contribution in [1.82, 2.24) is 10.2 Å². The van der Waals surface area contributed by atoms with Crippen molar-refractivity contribution in [1.29, 1.82) is 0 Å². The van der Waals surface area contributed by atoms with Crippen LogP contribution in [0.2, 0.25) is 0 Å². The lowest BCUT2D eigenvalue weighted by molar-refractivity contribution is 0.198. The molecule has 0 aromatic heterocycles. The van der Waals surface area contributed by atoms with Crippen molar-refractivity contribution in [3.05, 3.63) is 0 Å². The fraction of sp³-hybridized carbons (Fsp3) is 0.929. The average molecular weight is 272 g/mol. The van der Waals surface area contributed by atoms with Crippen molar-refractivity contribution < 1.29 is 4.79 Å². The molecule has 0 aromatic carbocycles. The van der Waals surface area contributed by atoms with Gasteiger partial charge in [-0.2, -0.15) is 11.8 Å². The summed E-state index contributed by atoms with van der Waals surface area (Å²) in [5.74, 6) is 0. The normalized spacial score (nSPS) is 17.4. The second kappa shape index (κ2) is 7.93. The summed E-state index contributed by atoms with van der Waals surface area (Å²) in [5, 5.41) is 3.14. The van der Waals surface area contributed by atoms with Crippen LogP contribution in [0.3, 0.4) is 0 Å². The maximum Gasteiger partial charge on any atom is 0.317 e. The molecule has 1 heterocycles. The summed E-state index contributed by atoms with van der Waals surface area (Å²) in [4.78, 5) is 14.1. The third kappa shape index (κ3) is 4.38. The molecule has 3 nitrogen and oxygen atoms in total. The van der Waals surface area contributed by atoms with Gasteiger partial charge in [-0.3, -0.25) is 0 Å². The predicted octanol–water partition coefficient (Wildman–Crippen LogP) is 3.49. The van der Waals surface area contributed by atoms with Gasteiger partial charge in [-0.15, -0.1) is 0 Å². The van der Waals surface area contributed by atoms with E-state index in [-0.39, 0.29) is 10.8 Å². The van der Waals surface area contributed by atoms with Crippen LogP contribution in [0.4, 0.5) is 4.79 Å². The number of nitrogens with one attached hydrogen (secondary N) is 1. The van der Waals surface area contributed by atoms with Crippen LogP contribution in [-0.2, 0) is 0 Å². The van der Waals surface area contributed by atoms with Gasteiger partial charge >= 0.3 is 6.03 Å². The van der Waals surface area contributed by atoms with E-state index in [9.17, 15) is 4.79 Å². The monoisotopic (exact) mass is 272 g/mol. The standard InChI is InChI=1S/C14H28N2OS/c1-4-14(5-2,18-3)12-15-13(17)16-10-8-6-7-9-11-16/h4-12H2,1-3H3,(H,15,17). The maximum atomic E-state index is 12.2. The zero-order valence-electron chi connectivity index (χ0n) is 12.1. The van der Waals surface area contributed by atoms with Crippen LogP contribution < -0.4 is 5.32 Å². The minimum atomic E-state index is 0.136. The first-order chi connectivity index (χ1) is 8.67. The van der Waals surface area contributed by atoms with Crippen LogP contribution in [-0.4, -0.2) is 41.6 Å². The molecule has 0 unspecified atom stereocenters. The molecule has 1 fully saturated rings. The Hall–Kier alpha value is -0.380. The summed E-state index contributed by atoms with van der Waals surface area (Å²) in [5.41, 5.74) is 0. The first kappa shape index (κ1) is 15.7. The van der Waals surface area contributed by atoms with Crippen LogP contribution in [0.5, 0.6) is 0 Å². The van der Waals surface area contributed by atoms with E-state index in [1.165, 1.54) is 12.8 Å². The summed E-state index contributed by atoms with van der Waals surface area (Å²) >= 11 is 1.88. The molecule has 0 aliphatic carbocycles. The predicted molar refractivity (Wildman–Crippen MR) is 80.3 cm³/mol. The van der Waals surface area contributed by atoms with E-state index in [2.05, 4.69) is 25.4 Å². The lowest BCUT2D eigenvalue weighted by atomic mass is 10.0. The molecule has 1 saturated heterocycles. The average Bonchev–Trinajstić information content (AvgIpc) is 2.69. The molecule has 4 heteroatoms. The van der Waals surface area contributed by atoms with Gasteiger partial charge in [0, 0.05) is 24.4 Å². The topological polar surface area (TPSA) is 32.3 Å². The molecule has 18 heavy (non-hydrogen) atoms. The number of amides is 2. The van der Waals surface area contributed by atoms with Gasteiger partial charge in [-0.1, -0.05) is 26.7 Å². The Labute approximate surface area is 116 Å². The van der Waals surface area contributed by atoms with Crippen molar-refractivity contribution in [2.45, 2.75) is 57.1 Å². The van der Waals surface area contributed by atoms with Crippen LogP contribution in [0, 0.1) is 0 Å².